The van der Waals surface area contributed by atoms with Crippen molar-refractivity contribution < 1.29 is 4.74 Å². The largest absolute Gasteiger partial charge is 0.497 e. The molecule has 0 unspecified atom stereocenters. The first-order valence-corrected chi connectivity index (χ1v) is 6.18. The van der Waals surface area contributed by atoms with Gasteiger partial charge >= 0.3 is 0 Å². The van der Waals surface area contributed by atoms with E-state index in [2.05, 4.69) is 15.2 Å². The number of benzene rings is 1. The van der Waals surface area contributed by atoms with Crippen molar-refractivity contribution in [1.29, 1.82) is 0 Å². The number of nitrogens with zero attached hydrogens (tertiary/aromatic N) is 2. The first-order valence-electron chi connectivity index (χ1n) is 6.18. The van der Waals surface area contributed by atoms with Crippen LogP contribution in [-0.2, 0) is 0 Å². The van der Waals surface area contributed by atoms with E-state index in [9.17, 15) is 0 Å². The van der Waals surface area contributed by atoms with Crippen LogP contribution in [0.4, 0.5) is 5.82 Å². The molecule has 0 amide bonds. The molecule has 0 atom stereocenters. The summed E-state index contributed by atoms with van der Waals surface area (Å²) in [4.78, 5) is 4.02. The molecule has 5 nitrogen and oxygen atoms in total. The summed E-state index contributed by atoms with van der Waals surface area (Å²) in [6.45, 7) is 0. The number of anilines is 1. The van der Waals surface area contributed by atoms with Gasteiger partial charge in [-0.15, -0.1) is 0 Å². The van der Waals surface area contributed by atoms with Crippen molar-refractivity contribution in [2.75, 3.05) is 12.8 Å². The number of aromatic nitrogens is 3. The topological polar surface area (TPSA) is 76.8 Å². The summed E-state index contributed by atoms with van der Waals surface area (Å²) in [5.74, 6) is 1.29. The minimum atomic E-state index is 0.474. The Labute approximate surface area is 116 Å². The van der Waals surface area contributed by atoms with Gasteiger partial charge in [0, 0.05) is 18.0 Å². The summed E-state index contributed by atoms with van der Waals surface area (Å²) in [5.41, 5.74) is 9.74. The molecule has 0 radical (unpaired) electrons. The number of aromatic amines is 1. The molecule has 1 aromatic carbocycles. The Balaban J connectivity index is 2.11. The highest BCUT2D eigenvalue weighted by molar-refractivity contribution is 5.87. The predicted octanol–water partition coefficient (Wildman–Crippen LogP) is 2.73. The van der Waals surface area contributed by atoms with Crippen molar-refractivity contribution in [1.82, 2.24) is 15.2 Å². The first kappa shape index (κ1) is 12.2. The molecule has 2 heterocycles. The molecule has 5 heteroatoms. The van der Waals surface area contributed by atoms with E-state index in [1.807, 2.05) is 36.4 Å². The van der Waals surface area contributed by atoms with E-state index in [-0.39, 0.29) is 0 Å². The number of pyridine rings is 1. The Bertz CT molecular complexity index is 704. The van der Waals surface area contributed by atoms with E-state index in [1.165, 1.54) is 0 Å². The van der Waals surface area contributed by atoms with Crippen LogP contribution in [0.2, 0.25) is 0 Å². The number of nitrogens with one attached hydrogen (secondary N) is 1. The standard InChI is InChI=1S/C15H14N4O/c1-20-12-4-2-11(3-5-12)14-13(15(16)19-18-14)10-6-8-17-9-7-10/h2-9H,1H3,(H3,16,18,19). The zero-order valence-electron chi connectivity index (χ0n) is 11.0. The van der Waals surface area contributed by atoms with Crippen molar-refractivity contribution >= 4 is 5.82 Å². The third-order valence-electron chi connectivity index (χ3n) is 3.14. The average Bonchev–Trinajstić information content (AvgIpc) is 2.90. The van der Waals surface area contributed by atoms with Crippen molar-refractivity contribution in [3.05, 3.63) is 48.8 Å². The molecule has 0 saturated carbocycles. The number of nitrogens with two attached hydrogens (primary N) is 1. The monoisotopic (exact) mass is 266 g/mol. The second-order valence-electron chi connectivity index (χ2n) is 4.32. The molecule has 0 aliphatic rings. The maximum Gasteiger partial charge on any atom is 0.153 e. The Morgan fingerprint density at radius 2 is 1.70 bits per heavy atom. The molecule has 3 rings (SSSR count). The van der Waals surface area contributed by atoms with Gasteiger partial charge in [-0.05, 0) is 42.0 Å². The number of ether oxygens (including phenoxy) is 1. The van der Waals surface area contributed by atoms with Gasteiger partial charge in [-0.2, -0.15) is 5.10 Å². The molecule has 0 saturated heterocycles. The number of rotatable bonds is 3. The van der Waals surface area contributed by atoms with Crippen LogP contribution < -0.4 is 10.5 Å². The van der Waals surface area contributed by atoms with E-state index >= 15 is 0 Å². The molecular formula is C15H14N4O. The van der Waals surface area contributed by atoms with Gasteiger partial charge < -0.3 is 10.5 Å². The molecule has 3 aromatic rings. The zero-order valence-corrected chi connectivity index (χ0v) is 11.0. The van der Waals surface area contributed by atoms with Crippen LogP contribution in [0.1, 0.15) is 0 Å². The van der Waals surface area contributed by atoms with E-state index < -0.39 is 0 Å². The second-order valence-corrected chi connectivity index (χ2v) is 4.32. The fourth-order valence-corrected chi connectivity index (χ4v) is 2.13. The summed E-state index contributed by atoms with van der Waals surface area (Å²) < 4.78 is 5.17. The first-order chi connectivity index (χ1) is 9.79. The van der Waals surface area contributed by atoms with Crippen LogP contribution in [0.5, 0.6) is 5.75 Å². The Hall–Kier alpha value is -2.82. The summed E-state index contributed by atoms with van der Waals surface area (Å²) in [5, 5.41) is 7.10. The number of nitrogen functional groups attached to an aromatic ring is 1. The van der Waals surface area contributed by atoms with Crippen LogP contribution in [0.3, 0.4) is 0 Å². The van der Waals surface area contributed by atoms with Crippen molar-refractivity contribution in [3.8, 4) is 28.1 Å². The quantitative estimate of drug-likeness (QED) is 0.764. The fourth-order valence-electron chi connectivity index (χ4n) is 2.13. The average molecular weight is 266 g/mol. The minimum absolute atomic E-state index is 0.474. The van der Waals surface area contributed by atoms with Gasteiger partial charge in [0.1, 0.15) is 5.75 Å². The number of methoxy groups -OCH3 is 1. The van der Waals surface area contributed by atoms with Gasteiger partial charge in [0.05, 0.1) is 18.4 Å². The van der Waals surface area contributed by atoms with E-state index in [4.69, 9.17) is 10.5 Å². The van der Waals surface area contributed by atoms with Crippen LogP contribution in [0.15, 0.2) is 48.8 Å². The van der Waals surface area contributed by atoms with Gasteiger partial charge in [-0.1, -0.05) is 0 Å². The number of hydrogen-bond acceptors (Lipinski definition) is 4. The highest BCUT2D eigenvalue weighted by atomic mass is 16.5. The van der Waals surface area contributed by atoms with Gasteiger partial charge in [-0.3, -0.25) is 10.1 Å². The Morgan fingerprint density at radius 3 is 2.35 bits per heavy atom. The van der Waals surface area contributed by atoms with Crippen molar-refractivity contribution in [3.63, 3.8) is 0 Å². The lowest BCUT2D eigenvalue weighted by Crippen LogP contribution is -1.89. The molecule has 0 bridgehead atoms. The lowest BCUT2D eigenvalue weighted by Gasteiger charge is -2.05. The molecular weight excluding hydrogens is 252 g/mol. The smallest absolute Gasteiger partial charge is 0.153 e. The normalized spacial score (nSPS) is 10.4. The van der Waals surface area contributed by atoms with E-state index in [0.29, 0.717) is 5.82 Å². The van der Waals surface area contributed by atoms with E-state index in [0.717, 1.165) is 28.1 Å². The summed E-state index contributed by atoms with van der Waals surface area (Å²) in [7, 11) is 1.64. The molecule has 20 heavy (non-hydrogen) atoms. The summed E-state index contributed by atoms with van der Waals surface area (Å²) >= 11 is 0. The van der Waals surface area contributed by atoms with Crippen molar-refractivity contribution in [2.45, 2.75) is 0 Å². The Kier molecular flexibility index (Phi) is 3.09. The lowest BCUT2D eigenvalue weighted by molar-refractivity contribution is 0.415. The van der Waals surface area contributed by atoms with Crippen molar-refractivity contribution in [2.24, 2.45) is 0 Å². The van der Waals surface area contributed by atoms with E-state index in [1.54, 1.807) is 19.5 Å². The predicted molar refractivity (Wildman–Crippen MR) is 78.2 cm³/mol. The third kappa shape index (κ3) is 2.09. The molecule has 0 aliphatic heterocycles. The molecule has 0 spiro atoms. The van der Waals surface area contributed by atoms with Gasteiger partial charge in [-0.25, -0.2) is 0 Å². The SMILES string of the molecule is COc1ccc(-c2[nH]nc(N)c2-c2ccncc2)cc1. The van der Waals surface area contributed by atoms with Crippen LogP contribution >= 0.6 is 0 Å². The highest BCUT2D eigenvalue weighted by Gasteiger charge is 2.14. The number of H-pyrrole nitrogens is 1. The maximum atomic E-state index is 5.98. The Morgan fingerprint density at radius 1 is 1.00 bits per heavy atom. The highest BCUT2D eigenvalue weighted by Crippen LogP contribution is 2.34. The third-order valence-corrected chi connectivity index (χ3v) is 3.14. The summed E-state index contributed by atoms with van der Waals surface area (Å²) in [6, 6.07) is 11.6. The molecule has 0 aliphatic carbocycles. The second kappa shape index (κ2) is 5.05. The molecule has 100 valence electrons. The zero-order chi connectivity index (χ0) is 13.9. The fraction of sp³-hybridized carbons (Fsp3) is 0.0667. The molecule has 0 fully saturated rings. The molecule has 2 aromatic heterocycles. The van der Waals surface area contributed by atoms with Gasteiger partial charge in [0.25, 0.3) is 0 Å². The minimum Gasteiger partial charge on any atom is -0.497 e. The number of hydrogen-bond donors (Lipinski definition) is 2. The lowest BCUT2D eigenvalue weighted by atomic mass is 10.0. The van der Waals surface area contributed by atoms with Crippen LogP contribution in [0, 0.1) is 0 Å². The van der Waals surface area contributed by atoms with Gasteiger partial charge in [0.2, 0.25) is 0 Å². The van der Waals surface area contributed by atoms with Crippen LogP contribution in [0.25, 0.3) is 22.4 Å². The molecule has 3 N–H and O–H groups in total. The maximum absolute atomic E-state index is 5.98. The van der Waals surface area contributed by atoms with Crippen LogP contribution in [-0.4, -0.2) is 22.3 Å². The summed E-state index contributed by atoms with van der Waals surface area (Å²) in [6.07, 6.45) is 3.47. The van der Waals surface area contributed by atoms with Gasteiger partial charge in [0.15, 0.2) is 5.82 Å².